The van der Waals surface area contributed by atoms with E-state index < -0.39 is 0 Å². The molecule has 1 aliphatic heterocycles. The number of aromatic amines is 1. The largest absolute Gasteiger partial charge is 0.493 e. The number of nitrogens with zero attached hydrogens (tertiary/aromatic N) is 4. The molecule has 184 valence electrons. The van der Waals surface area contributed by atoms with E-state index in [4.69, 9.17) is 9.47 Å². The quantitative estimate of drug-likeness (QED) is 0.527. The number of piperazine rings is 1. The molecule has 1 amide bonds. The zero-order valence-electron chi connectivity index (χ0n) is 19.8. The number of likely N-dealkylation sites (N-methyl/N-ethyl adjacent to an activating group) is 1. The van der Waals surface area contributed by atoms with Crippen LogP contribution in [0.25, 0.3) is 11.4 Å². The molecular weight excluding hydrogens is 453 g/mol. The highest BCUT2D eigenvalue weighted by Crippen LogP contribution is 2.31. The van der Waals surface area contributed by atoms with Gasteiger partial charge in [-0.1, -0.05) is 12.1 Å². The molecule has 35 heavy (non-hydrogen) atoms. The normalized spacial score (nSPS) is 14.1. The van der Waals surface area contributed by atoms with E-state index >= 15 is 0 Å². The van der Waals surface area contributed by atoms with Crippen molar-refractivity contribution in [2.75, 3.05) is 40.3 Å². The van der Waals surface area contributed by atoms with Crippen LogP contribution < -0.4 is 15.0 Å². The SMILES string of the molecule is COc1cc(-c2nnc(CCC(=O)N3CCN(C)CC3)c(=O)[nH]2)ccc1OCc1cccc(F)c1. The molecule has 0 spiro atoms. The number of hydrogen-bond acceptors (Lipinski definition) is 7. The third-order valence-electron chi connectivity index (χ3n) is 5.92. The third kappa shape index (κ3) is 6.21. The van der Waals surface area contributed by atoms with Gasteiger partial charge in [-0.2, -0.15) is 0 Å². The summed E-state index contributed by atoms with van der Waals surface area (Å²) in [6, 6.07) is 11.3. The number of carbonyl (C=O) groups excluding carboxylic acids is 1. The fourth-order valence-electron chi connectivity index (χ4n) is 3.82. The van der Waals surface area contributed by atoms with Gasteiger partial charge in [-0.05, 0) is 42.9 Å². The predicted molar refractivity (Wildman–Crippen MR) is 128 cm³/mol. The van der Waals surface area contributed by atoms with Crippen molar-refractivity contribution < 1.29 is 18.7 Å². The van der Waals surface area contributed by atoms with Crippen LogP contribution in [-0.4, -0.2) is 71.2 Å². The molecular formula is C25H28FN5O4. The van der Waals surface area contributed by atoms with Crippen molar-refractivity contribution in [2.24, 2.45) is 0 Å². The van der Waals surface area contributed by atoms with Gasteiger partial charge in [-0.25, -0.2) is 4.39 Å². The fraction of sp³-hybridized carbons (Fsp3) is 0.360. The summed E-state index contributed by atoms with van der Waals surface area (Å²) < 4.78 is 24.6. The Hall–Kier alpha value is -3.79. The maximum Gasteiger partial charge on any atom is 0.273 e. The summed E-state index contributed by atoms with van der Waals surface area (Å²) in [6.07, 6.45) is 0.440. The van der Waals surface area contributed by atoms with Crippen molar-refractivity contribution in [2.45, 2.75) is 19.4 Å². The second kappa shape index (κ2) is 11.1. The summed E-state index contributed by atoms with van der Waals surface area (Å²) in [5.41, 5.74) is 1.11. The molecule has 0 aliphatic carbocycles. The molecule has 1 aromatic heterocycles. The molecule has 2 heterocycles. The molecule has 0 bridgehead atoms. The first-order chi connectivity index (χ1) is 16.9. The van der Waals surface area contributed by atoms with Gasteiger partial charge in [0, 0.05) is 44.6 Å². The molecule has 4 rings (SSSR count). The van der Waals surface area contributed by atoms with E-state index in [-0.39, 0.29) is 48.3 Å². The molecule has 1 N–H and O–H groups in total. The molecule has 1 aliphatic rings. The highest BCUT2D eigenvalue weighted by atomic mass is 19.1. The van der Waals surface area contributed by atoms with Gasteiger partial charge in [0.15, 0.2) is 17.3 Å². The number of aromatic nitrogens is 3. The smallest absolute Gasteiger partial charge is 0.273 e. The van der Waals surface area contributed by atoms with Gasteiger partial charge in [0.25, 0.3) is 5.56 Å². The van der Waals surface area contributed by atoms with Crippen molar-refractivity contribution >= 4 is 5.91 Å². The van der Waals surface area contributed by atoms with Crippen LogP contribution in [0, 0.1) is 5.82 Å². The molecule has 1 saturated heterocycles. The maximum atomic E-state index is 13.4. The number of benzene rings is 2. The number of carbonyl (C=O) groups is 1. The van der Waals surface area contributed by atoms with E-state index in [1.165, 1.54) is 19.2 Å². The Morgan fingerprint density at radius 2 is 1.89 bits per heavy atom. The Morgan fingerprint density at radius 3 is 2.60 bits per heavy atom. The fourth-order valence-corrected chi connectivity index (χ4v) is 3.82. The van der Waals surface area contributed by atoms with Gasteiger partial charge in [0.1, 0.15) is 18.1 Å². The van der Waals surface area contributed by atoms with Gasteiger partial charge >= 0.3 is 0 Å². The number of amides is 1. The lowest BCUT2D eigenvalue weighted by atomic mass is 10.1. The second-order valence-electron chi connectivity index (χ2n) is 8.42. The van der Waals surface area contributed by atoms with Crippen LogP contribution in [0.4, 0.5) is 4.39 Å². The Balaban J connectivity index is 1.40. The van der Waals surface area contributed by atoms with Crippen LogP contribution in [0.15, 0.2) is 47.3 Å². The van der Waals surface area contributed by atoms with Crippen LogP contribution >= 0.6 is 0 Å². The first kappa shape index (κ1) is 24.3. The van der Waals surface area contributed by atoms with Crippen molar-refractivity contribution in [1.82, 2.24) is 25.0 Å². The lowest BCUT2D eigenvalue weighted by molar-refractivity contribution is -0.132. The minimum Gasteiger partial charge on any atom is -0.493 e. The maximum absolute atomic E-state index is 13.4. The van der Waals surface area contributed by atoms with Gasteiger partial charge in [0.05, 0.1) is 7.11 Å². The van der Waals surface area contributed by atoms with Crippen molar-refractivity contribution in [3.05, 3.63) is 69.9 Å². The molecule has 10 heteroatoms. The molecule has 0 radical (unpaired) electrons. The summed E-state index contributed by atoms with van der Waals surface area (Å²) in [6.45, 7) is 3.25. The lowest BCUT2D eigenvalue weighted by Gasteiger charge is -2.32. The molecule has 3 aromatic rings. The summed E-state index contributed by atoms with van der Waals surface area (Å²) >= 11 is 0. The third-order valence-corrected chi connectivity index (χ3v) is 5.92. The topological polar surface area (TPSA) is 101 Å². The van der Waals surface area contributed by atoms with Crippen LogP contribution in [-0.2, 0) is 17.8 Å². The zero-order chi connectivity index (χ0) is 24.8. The van der Waals surface area contributed by atoms with Crippen molar-refractivity contribution in [1.29, 1.82) is 0 Å². The Bertz CT molecular complexity index is 1240. The van der Waals surface area contributed by atoms with Gasteiger partial charge < -0.3 is 24.3 Å². The zero-order valence-corrected chi connectivity index (χ0v) is 19.8. The van der Waals surface area contributed by atoms with Crippen LogP contribution in [0.3, 0.4) is 0 Å². The summed E-state index contributed by atoms with van der Waals surface area (Å²) in [5.74, 6) is 0.863. The van der Waals surface area contributed by atoms with E-state index in [9.17, 15) is 14.0 Å². The van der Waals surface area contributed by atoms with Crippen molar-refractivity contribution in [3.8, 4) is 22.9 Å². The number of H-pyrrole nitrogens is 1. The van der Waals surface area contributed by atoms with Crippen LogP contribution in [0.2, 0.25) is 0 Å². The molecule has 0 atom stereocenters. The number of methoxy groups -OCH3 is 1. The molecule has 2 aromatic carbocycles. The number of aryl methyl sites for hydroxylation is 1. The van der Waals surface area contributed by atoms with E-state index in [0.29, 0.717) is 35.7 Å². The average molecular weight is 482 g/mol. The number of ether oxygens (including phenoxy) is 2. The van der Waals surface area contributed by atoms with Gasteiger partial charge in [-0.15, -0.1) is 10.2 Å². The minimum absolute atomic E-state index is 0.0157. The van der Waals surface area contributed by atoms with E-state index in [1.54, 1.807) is 30.3 Å². The monoisotopic (exact) mass is 481 g/mol. The van der Waals surface area contributed by atoms with E-state index in [0.717, 1.165) is 13.1 Å². The molecule has 0 unspecified atom stereocenters. The summed E-state index contributed by atoms with van der Waals surface area (Å²) in [7, 11) is 3.53. The Morgan fingerprint density at radius 1 is 1.09 bits per heavy atom. The average Bonchev–Trinajstić information content (AvgIpc) is 2.87. The van der Waals surface area contributed by atoms with Crippen LogP contribution in [0.5, 0.6) is 11.5 Å². The summed E-state index contributed by atoms with van der Waals surface area (Å²) in [4.78, 5) is 31.8. The number of nitrogens with one attached hydrogen (secondary N) is 1. The highest BCUT2D eigenvalue weighted by Gasteiger charge is 2.19. The number of hydrogen-bond donors (Lipinski definition) is 1. The van der Waals surface area contributed by atoms with Gasteiger partial charge in [0.2, 0.25) is 5.91 Å². The molecule has 0 saturated carbocycles. The second-order valence-corrected chi connectivity index (χ2v) is 8.42. The Labute approximate surface area is 202 Å². The van der Waals surface area contributed by atoms with E-state index in [1.807, 2.05) is 11.9 Å². The highest BCUT2D eigenvalue weighted by molar-refractivity contribution is 5.76. The lowest BCUT2D eigenvalue weighted by Crippen LogP contribution is -2.47. The van der Waals surface area contributed by atoms with E-state index in [2.05, 4.69) is 20.1 Å². The Kier molecular flexibility index (Phi) is 7.71. The first-order valence-corrected chi connectivity index (χ1v) is 11.4. The van der Waals surface area contributed by atoms with Gasteiger partial charge in [-0.3, -0.25) is 9.59 Å². The van der Waals surface area contributed by atoms with Crippen LogP contribution in [0.1, 0.15) is 17.7 Å². The minimum atomic E-state index is -0.383. The summed E-state index contributed by atoms with van der Waals surface area (Å²) in [5, 5.41) is 8.21. The first-order valence-electron chi connectivity index (χ1n) is 11.4. The van der Waals surface area contributed by atoms with Crippen molar-refractivity contribution in [3.63, 3.8) is 0 Å². The predicted octanol–water partition coefficient (Wildman–Crippen LogP) is 2.27. The number of rotatable bonds is 8. The molecule has 9 nitrogen and oxygen atoms in total. The molecule has 1 fully saturated rings. The standard InChI is InChI=1S/C25H28FN5O4/c1-30-10-12-31(13-11-30)23(32)9-7-20-25(33)27-24(29-28-20)18-6-8-21(22(15-18)34-2)35-16-17-4-3-5-19(26)14-17/h3-6,8,14-15H,7,9-13,16H2,1-2H3,(H,27,29,33). The number of halogens is 1.